The number of halogens is 3. The average Bonchev–Trinajstić information content (AvgIpc) is 2.90. The Morgan fingerprint density at radius 2 is 1.86 bits per heavy atom. The van der Waals surface area contributed by atoms with Crippen molar-refractivity contribution >= 4 is 17.3 Å². The Balaban J connectivity index is 2.14. The van der Waals surface area contributed by atoms with Gasteiger partial charge < -0.3 is 14.6 Å². The molecular weight excluding hydrogens is 323 g/mol. The number of nitrogens with zero attached hydrogens (tertiary/aromatic N) is 1. The second-order valence-electron chi connectivity index (χ2n) is 4.05. The predicted octanol–water partition coefficient (Wildman–Crippen LogP) is 3.45. The molecule has 1 N–H and O–H groups in total. The normalized spacial score (nSPS) is 11.3. The number of methoxy groups -OCH3 is 1. The van der Waals surface area contributed by atoms with Crippen molar-refractivity contribution in [1.29, 1.82) is 0 Å². The Bertz CT molecular complexity index is 667. The molecule has 0 atom stereocenters. The molecular formula is C13H10F3NO4S. The van der Waals surface area contributed by atoms with Crippen molar-refractivity contribution in [2.75, 3.05) is 7.11 Å². The van der Waals surface area contributed by atoms with Gasteiger partial charge in [-0.1, -0.05) is 0 Å². The van der Waals surface area contributed by atoms with Crippen LogP contribution in [0, 0.1) is 0 Å². The van der Waals surface area contributed by atoms with Crippen molar-refractivity contribution in [3.63, 3.8) is 0 Å². The van der Waals surface area contributed by atoms with E-state index < -0.39 is 22.7 Å². The van der Waals surface area contributed by atoms with Crippen molar-refractivity contribution in [1.82, 2.24) is 4.98 Å². The fourth-order valence-electron chi connectivity index (χ4n) is 1.58. The van der Waals surface area contributed by atoms with E-state index in [0.717, 1.165) is 0 Å². The number of carboxylic acid groups (broad SMARTS) is 1. The highest BCUT2D eigenvalue weighted by Gasteiger charge is 2.39. The van der Waals surface area contributed by atoms with Crippen LogP contribution in [0.4, 0.5) is 13.2 Å². The lowest BCUT2D eigenvalue weighted by atomic mass is 10.3. The molecule has 1 aromatic carbocycles. The van der Waals surface area contributed by atoms with E-state index in [-0.39, 0.29) is 11.6 Å². The minimum atomic E-state index is -4.82. The number of alkyl halides is 3. The third kappa shape index (κ3) is 3.67. The number of hydrogen-bond acceptors (Lipinski definition) is 5. The topological polar surface area (TPSA) is 68.7 Å². The minimum Gasteiger partial charge on any atom is -0.497 e. The van der Waals surface area contributed by atoms with Gasteiger partial charge in [0.05, 0.1) is 7.11 Å². The summed E-state index contributed by atoms with van der Waals surface area (Å²) in [6.45, 7) is -0.257. The van der Waals surface area contributed by atoms with Gasteiger partial charge in [0.25, 0.3) is 0 Å². The SMILES string of the molecule is COc1ccc(OCc2nc(C(F)(F)F)c(C(=O)O)s2)cc1. The van der Waals surface area contributed by atoms with E-state index in [4.69, 9.17) is 14.6 Å². The number of benzene rings is 1. The quantitative estimate of drug-likeness (QED) is 0.908. The Morgan fingerprint density at radius 3 is 2.32 bits per heavy atom. The van der Waals surface area contributed by atoms with Crippen LogP contribution in [0.5, 0.6) is 11.5 Å². The number of rotatable bonds is 5. The number of ether oxygens (including phenoxy) is 2. The molecule has 0 amide bonds. The van der Waals surface area contributed by atoms with E-state index in [2.05, 4.69) is 4.98 Å². The van der Waals surface area contributed by atoms with Gasteiger partial charge in [0.1, 0.15) is 28.0 Å². The standard InChI is InChI=1S/C13H10F3NO4S/c1-20-7-2-4-8(5-3-7)21-6-9-17-11(13(14,15)16)10(22-9)12(18)19/h2-5H,6H2,1H3,(H,18,19). The van der Waals surface area contributed by atoms with Crippen LogP contribution in [-0.2, 0) is 12.8 Å². The van der Waals surface area contributed by atoms with Crippen LogP contribution in [0.3, 0.4) is 0 Å². The van der Waals surface area contributed by atoms with E-state index >= 15 is 0 Å². The van der Waals surface area contributed by atoms with Gasteiger partial charge in [-0.05, 0) is 24.3 Å². The fourth-order valence-corrected chi connectivity index (χ4v) is 2.42. The zero-order chi connectivity index (χ0) is 16.3. The van der Waals surface area contributed by atoms with E-state index in [1.54, 1.807) is 24.3 Å². The summed E-state index contributed by atoms with van der Waals surface area (Å²) in [4.78, 5) is 13.3. The predicted molar refractivity (Wildman–Crippen MR) is 71.4 cm³/mol. The minimum absolute atomic E-state index is 0.0689. The Hall–Kier alpha value is -2.29. The van der Waals surface area contributed by atoms with Gasteiger partial charge in [-0.15, -0.1) is 11.3 Å². The van der Waals surface area contributed by atoms with E-state index in [9.17, 15) is 18.0 Å². The summed E-state index contributed by atoms with van der Waals surface area (Å²) in [7, 11) is 1.50. The molecule has 118 valence electrons. The molecule has 0 bridgehead atoms. The molecule has 1 aromatic heterocycles. The fraction of sp³-hybridized carbons (Fsp3) is 0.231. The van der Waals surface area contributed by atoms with E-state index in [0.29, 0.717) is 22.8 Å². The first-order valence-corrected chi connectivity index (χ1v) is 6.70. The maximum atomic E-state index is 12.7. The molecule has 5 nitrogen and oxygen atoms in total. The average molecular weight is 333 g/mol. The van der Waals surface area contributed by atoms with Gasteiger partial charge in [-0.3, -0.25) is 0 Å². The summed E-state index contributed by atoms with van der Waals surface area (Å²) >= 11 is 0.441. The highest BCUT2D eigenvalue weighted by Crippen LogP contribution is 2.34. The van der Waals surface area contributed by atoms with Crippen LogP contribution in [0.2, 0.25) is 0 Å². The molecule has 0 spiro atoms. The lowest BCUT2D eigenvalue weighted by molar-refractivity contribution is -0.141. The van der Waals surface area contributed by atoms with Crippen molar-refractivity contribution in [2.24, 2.45) is 0 Å². The molecule has 22 heavy (non-hydrogen) atoms. The molecule has 2 aromatic rings. The lowest BCUT2D eigenvalue weighted by Gasteiger charge is -2.05. The molecule has 1 heterocycles. The number of carboxylic acids is 1. The maximum Gasteiger partial charge on any atom is 0.435 e. The molecule has 9 heteroatoms. The van der Waals surface area contributed by atoms with Crippen LogP contribution >= 0.6 is 11.3 Å². The maximum absolute atomic E-state index is 12.7. The summed E-state index contributed by atoms with van der Waals surface area (Å²) < 4.78 is 48.3. The molecule has 2 rings (SSSR count). The number of thiazole rings is 1. The molecule has 0 fully saturated rings. The number of aromatic carboxylic acids is 1. The van der Waals surface area contributed by atoms with Crippen molar-refractivity contribution < 1.29 is 32.5 Å². The van der Waals surface area contributed by atoms with E-state index in [1.165, 1.54) is 7.11 Å². The second kappa shape index (κ2) is 6.22. The molecule has 0 radical (unpaired) electrons. The smallest absolute Gasteiger partial charge is 0.435 e. The van der Waals surface area contributed by atoms with Gasteiger partial charge >= 0.3 is 12.1 Å². The van der Waals surface area contributed by atoms with Gasteiger partial charge in [0, 0.05) is 0 Å². The van der Waals surface area contributed by atoms with Crippen LogP contribution in [0.15, 0.2) is 24.3 Å². The zero-order valence-electron chi connectivity index (χ0n) is 11.2. The van der Waals surface area contributed by atoms with Crippen molar-refractivity contribution in [2.45, 2.75) is 12.8 Å². The molecule has 0 aliphatic rings. The van der Waals surface area contributed by atoms with Gasteiger partial charge in [-0.2, -0.15) is 13.2 Å². The number of aromatic nitrogens is 1. The lowest BCUT2D eigenvalue weighted by Crippen LogP contribution is -2.11. The number of hydrogen-bond donors (Lipinski definition) is 1. The summed E-state index contributed by atoms with van der Waals surface area (Å²) in [6.07, 6.45) is -4.82. The first-order chi connectivity index (χ1) is 10.3. The highest BCUT2D eigenvalue weighted by molar-refractivity contribution is 7.13. The van der Waals surface area contributed by atoms with Crippen molar-refractivity contribution in [3.8, 4) is 11.5 Å². The third-order valence-electron chi connectivity index (χ3n) is 2.56. The van der Waals surface area contributed by atoms with Gasteiger partial charge in [0.2, 0.25) is 0 Å². The Kier molecular flexibility index (Phi) is 4.55. The summed E-state index contributed by atoms with van der Waals surface area (Å²) in [5, 5.41) is 8.73. The van der Waals surface area contributed by atoms with Crippen molar-refractivity contribution in [3.05, 3.63) is 39.8 Å². The van der Waals surface area contributed by atoms with Crippen LogP contribution in [0.1, 0.15) is 20.4 Å². The summed E-state index contributed by atoms with van der Waals surface area (Å²) in [5.41, 5.74) is -1.40. The molecule has 0 aliphatic heterocycles. The molecule has 0 saturated carbocycles. The third-order valence-corrected chi connectivity index (χ3v) is 3.57. The highest BCUT2D eigenvalue weighted by atomic mass is 32.1. The summed E-state index contributed by atoms with van der Waals surface area (Å²) in [5.74, 6) is -0.656. The number of carbonyl (C=O) groups is 1. The first kappa shape index (κ1) is 16.1. The monoisotopic (exact) mass is 333 g/mol. The summed E-state index contributed by atoms with van der Waals surface area (Å²) in [6, 6.07) is 6.41. The van der Waals surface area contributed by atoms with Gasteiger partial charge in [0.15, 0.2) is 5.69 Å². The molecule has 0 aliphatic carbocycles. The van der Waals surface area contributed by atoms with Crippen LogP contribution < -0.4 is 9.47 Å². The second-order valence-corrected chi connectivity index (χ2v) is 5.14. The van der Waals surface area contributed by atoms with E-state index in [1.807, 2.05) is 0 Å². The molecule has 0 saturated heterocycles. The largest absolute Gasteiger partial charge is 0.497 e. The molecule has 0 unspecified atom stereocenters. The Morgan fingerprint density at radius 1 is 1.27 bits per heavy atom. The van der Waals surface area contributed by atoms with Crippen LogP contribution in [-0.4, -0.2) is 23.2 Å². The zero-order valence-corrected chi connectivity index (χ0v) is 12.0. The Labute approximate surface area is 126 Å². The van der Waals surface area contributed by atoms with Crippen LogP contribution in [0.25, 0.3) is 0 Å². The van der Waals surface area contributed by atoms with Gasteiger partial charge in [-0.25, -0.2) is 9.78 Å². The first-order valence-electron chi connectivity index (χ1n) is 5.88.